The lowest BCUT2D eigenvalue weighted by molar-refractivity contribution is 0.0600. The molecule has 1 unspecified atom stereocenters. The highest BCUT2D eigenvalue weighted by molar-refractivity contribution is 4.90. The lowest BCUT2D eigenvalue weighted by Gasteiger charge is -2.44. The second-order valence-corrected chi connectivity index (χ2v) is 6.85. The molecule has 0 heterocycles. The Hall–Kier alpha value is -0.0800. The van der Waals surface area contributed by atoms with Gasteiger partial charge in [0, 0.05) is 18.6 Å². The van der Waals surface area contributed by atoms with E-state index in [9.17, 15) is 0 Å². The van der Waals surface area contributed by atoms with E-state index in [1.165, 1.54) is 57.9 Å². The van der Waals surface area contributed by atoms with Crippen LogP contribution < -0.4 is 5.73 Å². The second-order valence-electron chi connectivity index (χ2n) is 6.85. The zero-order valence-electron chi connectivity index (χ0n) is 12.4. The van der Waals surface area contributed by atoms with Crippen molar-refractivity contribution >= 4 is 0 Å². The van der Waals surface area contributed by atoms with E-state index >= 15 is 0 Å². The fourth-order valence-corrected chi connectivity index (χ4v) is 3.69. The van der Waals surface area contributed by atoms with Crippen LogP contribution in [0.1, 0.15) is 65.2 Å². The van der Waals surface area contributed by atoms with Crippen LogP contribution >= 0.6 is 0 Å². The molecule has 0 amide bonds. The molecule has 0 aromatic heterocycles. The number of rotatable bonds is 7. The summed E-state index contributed by atoms with van der Waals surface area (Å²) < 4.78 is 0. The molecule has 0 radical (unpaired) electrons. The van der Waals surface area contributed by atoms with Crippen LogP contribution in [-0.4, -0.2) is 30.1 Å². The highest BCUT2D eigenvalue weighted by Gasteiger charge is 2.35. The van der Waals surface area contributed by atoms with Crippen molar-refractivity contribution in [2.24, 2.45) is 17.6 Å². The molecule has 1 atom stereocenters. The van der Waals surface area contributed by atoms with Gasteiger partial charge in [0.05, 0.1) is 0 Å². The molecule has 2 N–H and O–H groups in total. The van der Waals surface area contributed by atoms with Crippen LogP contribution in [0.4, 0.5) is 0 Å². The van der Waals surface area contributed by atoms with Crippen LogP contribution in [0.3, 0.4) is 0 Å². The first-order valence-corrected chi connectivity index (χ1v) is 8.18. The van der Waals surface area contributed by atoms with Gasteiger partial charge in [-0.15, -0.1) is 0 Å². The van der Waals surface area contributed by atoms with E-state index in [1.54, 1.807) is 0 Å². The summed E-state index contributed by atoms with van der Waals surface area (Å²) in [6.45, 7) is 6.83. The second kappa shape index (κ2) is 6.91. The minimum absolute atomic E-state index is 0.681. The summed E-state index contributed by atoms with van der Waals surface area (Å²) in [5, 5.41) is 0. The van der Waals surface area contributed by atoms with E-state index < -0.39 is 0 Å². The van der Waals surface area contributed by atoms with Gasteiger partial charge in [0.2, 0.25) is 0 Å². The van der Waals surface area contributed by atoms with Crippen molar-refractivity contribution in [1.82, 2.24) is 4.90 Å². The van der Waals surface area contributed by atoms with Crippen molar-refractivity contribution in [3.63, 3.8) is 0 Å². The Morgan fingerprint density at radius 2 is 1.72 bits per heavy atom. The van der Waals surface area contributed by atoms with Gasteiger partial charge < -0.3 is 5.73 Å². The zero-order valence-corrected chi connectivity index (χ0v) is 12.4. The van der Waals surface area contributed by atoms with E-state index in [-0.39, 0.29) is 0 Å². The molecule has 2 aliphatic rings. The molecule has 0 bridgehead atoms. The van der Waals surface area contributed by atoms with Crippen molar-refractivity contribution in [3.8, 4) is 0 Å². The Labute approximate surface area is 113 Å². The van der Waals surface area contributed by atoms with Gasteiger partial charge in [-0.1, -0.05) is 33.1 Å². The van der Waals surface area contributed by atoms with Crippen molar-refractivity contribution in [3.05, 3.63) is 0 Å². The molecule has 0 saturated heterocycles. The Balaban J connectivity index is 1.96. The van der Waals surface area contributed by atoms with Gasteiger partial charge in [-0.3, -0.25) is 4.90 Å². The third kappa shape index (κ3) is 3.48. The van der Waals surface area contributed by atoms with Gasteiger partial charge in [0.1, 0.15) is 0 Å². The van der Waals surface area contributed by atoms with Crippen molar-refractivity contribution in [2.45, 2.75) is 77.3 Å². The van der Waals surface area contributed by atoms with E-state index in [1.807, 2.05) is 0 Å². The molecular weight excluding hydrogens is 220 g/mol. The molecule has 2 nitrogen and oxygen atoms in total. The van der Waals surface area contributed by atoms with Gasteiger partial charge in [-0.05, 0) is 50.5 Å². The van der Waals surface area contributed by atoms with Crippen LogP contribution in [0.2, 0.25) is 0 Å². The monoisotopic (exact) mass is 252 g/mol. The molecule has 2 rings (SSSR count). The molecule has 0 spiro atoms. The summed E-state index contributed by atoms with van der Waals surface area (Å²) in [6.07, 6.45) is 11.3. The molecule has 0 aromatic rings. The van der Waals surface area contributed by atoms with Crippen LogP contribution in [0.25, 0.3) is 0 Å². The molecule has 2 saturated carbocycles. The van der Waals surface area contributed by atoms with Gasteiger partial charge >= 0.3 is 0 Å². The van der Waals surface area contributed by atoms with E-state index in [4.69, 9.17) is 5.73 Å². The van der Waals surface area contributed by atoms with E-state index in [2.05, 4.69) is 18.7 Å². The minimum atomic E-state index is 0.681. The van der Waals surface area contributed by atoms with E-state index in [0.29, 0.717) is 6.04 Å². The first-order valence-electron chi connectivity index (χ1n) is 8.18. The van der Waals surface area contributed by atoms with Crippen LogP contribution in [0.5, 0.6) is 0 Å². The van der Waals surface area contributed by atoms with Crippen LogP contribution in [0.15, 0.2) is 0 Å². The number of hydrogen-bond donors (Lipinski definition) is 1. The third-order valence-electron chi connectivity index (χ3n) is 5.12. The maximum Gasteiger partial charge on any atom is 0.0249 e. The van der Waals surface area contributed by atoms with Gasteiger partial charge in [-0.2, -0.15) is 0 Å². The normalized spacial score (nSPS) is 23.8. The summed E-state index contributed by atoms with van der Waals surface area (Å²) in [7, 11) is 0. The van der Waals surface area contributed by atoms with Crippen molar-refractivity contribution < 1.29 is 0 Å². The first-order chi connectivity index (χ1) is 8.72. The third-order valence-corrected chi connectivity index (χ3v) is 5.12. The summed E-state index contributed by atoms with van der Waals surface area (Å²) in [5.41, 5.74) is 6.12. The quantitative estimate of drug-likeness (QED) is 0.752. The summed E-state index contributed by atoms with van der Waals surface area (Å²) in [6, 6.07) is 1.53. The molecular formula is C16H32N2. The molecule has 0 aromatic carbocycles. The number of nitrogens with two attached hydrogens (primary N) is 1. The lowest BCUT2D eigenvalue weighted by atomic mass is 9.78. The topological polar surface area (TPSA) is 29.3 Å². The largest absolute Gasteiger partial charge is 0.329 e. The first kappa shape index (κ1) is 14.3. The summed E-state index contributed by atoms with van der Waals surface area (Å²) >= 11 is 0. The van der Waals surface area contributed by atoms with Gasteiger partial charge in [0.15, 0.2) is 0 Å². The van der Waals surface area contributed by atoms with Crippen molar-refractivity contribution in [1.29, 1.82) is 0 Å². The molecule has 18 heavy (non-hydrogen) atoms. The van der Waals surface area contributed by atoms with Crippen molar-refractivity contribution in [2.75, 3.05) is 13.1 Å². The molecule has 2 aliphatic carbocycles. The maximum absolute atomic E-state index is 6.12. The number of nitrogens with zero attached hydrogens (tertiary/aromatic N) is 1. The predicted molar refractivity (Wildman–Crippen MR) is 78.6 cm³/mol. The Morgan fingerprint density at radius 1 is 1.06 bits per heavy atom. The Bertz CT molecular complexity index is 229. The summed E-state index contributed by atoms with van der Waals surface area (Å²) in [5.74, 6) is 1.72. The average Bonchev–Trinajstić information content (AvgIpc) is 2.78. The Kier molecular flexibility index (Phi) is 5.50. The minimum Gasteiger partial charge on any atom is -0.329 e. The standard InChI is InChI=1S/C16H32N2/c1-13(2)10-11-18(15-8-3-4-9-15)16(12-17)14-6-5-7-14/h13-16H,3-12,17H2,1-2H3. The molecule has 2 fully saturated rings. The zero-order chi connectivity index (χ0) is 13.0. The molecule has 0 aliphatic heterocycles. The summed E-state index contributed by atoms with van der Waals surface area (Å²) in [4.78, 5) is 2.82. The average molecular weight is 252 g/mol. The van der Waals surface area contributed by atoms with Gasteiger partial charge in [0.25, 0.3) is 0 Å². The lowest BCUT2D eigenvalue weighted by Crippen LogP contribution is -2.52. The Morgan fingerprint density at radius 3 is 2.17 bits per heavy atom. The smallest absolute Gasteiger partial charge is 0.0249 e. The van der Waals surface area contributed by atoms with Crippen LogP contribution in [-0.2, 0) is 0 Å². The molecule has 106 valence electrons. The maximum atomic E-state index is 6.12. The fraction of sp³-hybridized carbons (Fsp3) is 1.00. The van der Waals surface area contributed by atoms with E-state index in [0.717, 1.165) is 24.4 Å². The van der Waals surface area contributed by atoms with Crippen LogP contribution in [0, 0.1) is 11.8 Å². The number of hydrogen-bond acceptors (Lipinski definition) is 2. The molecule has 2 heteroatoms. The predicted octanol–water partition coefficient (Wildman–Crippen LogP) is 3.40. The fourth-order valence-electron chi connectivity index (χ4n) is 3.69. The highest BCUT2D eigenvalue weighted by Crippen LogP contribution is 2.35. The van der Waals surface area contributed by atoms with Gasteiger partial charge in [-0.25, -0.2) is 0 Å². The highest BCUT2D eigenvalue weighted by atomic mass is 15.2. The SMILES string of the molecule is CC(C)CCN(C1CCCC1)C(CN)C1CCC1.